The molecule has 24 heavy (non-hydrogen) atoms. The predicted octanol–water partition coefficient (Wildman–Crippen LogP) is 2.74. The highest BCUT2D eigenvalue weighted by Gasteiger charge is 2.27. The maximum absolute atomic E-state index is 13.4. The van der Waals surface area contributed by atoms with Crippen LogP contribution in [-0.4, -0.2) is 55.5 Å². The van der Waals surface area contributed by atoms with Crippen molar-refractivity contribution in [1.82, 2.24) is 9.80 Å². The highest BCUT2D eigenvalue weighted by Crippen LogP contribution is 2.35. The Kier molecular flexibility index (Phi) is 6.30. The van der Waals surface area contributed by atoms with Crippen molar-refractivity contribution in [2.75, 3.05) is 39.0 Å². The van der Waals surface area contributed by atoms with Crippen molar-refractivity contribution in [3.63, 3.8) is 0 Å². The molecule has 1 aromatic carbocycles. The lowest BCUT2D eigenvalue weighted by Gasteiger charge is -2.18. The van der Waals surface area contributed by atoms with Crippen LogP contribution in [0.1, 0.15) is 12.0 Å². The van der Waals surface area contributed by atoms with Gasteiger partial charge >= 0.3 is 0 Å². The Balaban J connectivity index is 1.90. The van der Waals surface area contributed by atoms with E-state index in [4.69, 9.17) is 0 Å². The van der Waals surface area contributed by atoms with Gasteiger partial charge < -0.3 is 15.1 Å². The van der Waals surface area contributed by atoms with Crippen molar-refractivity contribution < 1.29 is 13.6 Å². The second-order valence-electron chi connectivity index (χ2n) is 6.28. The standard InChI is InChI=1S/C17H24F2N3OP/c1-21(2)9-4-7-16(23)22-10-8-15(12-22)20-14-6-3-5-13(11-14)17(18,19)24/h3-7,11,15,20H,8-10,12,24H2,1-2H3/b7-4+/t15-/m0/s1. The summed E-state index contributed by atoms with van der Waals surface area (Å²) in [6, 6.07) is 6.30. The van der Waals surface area contributed by atoms with Gasteiger partial charge in [-0.05, 0) is 32.6 Å². The number of rotatable bonds is 6. The molecule has 1 heterocycles. The van der Waals surface area contributed by atoms with E-state index in [9.17, 15) is 13.6 Å². The Morgan fingerprint density at radius 2 is 2.25 bits per heavy atom. The topological polar surface area (TPSA) is 35.6 Å². The van der Waals surface area contributed by atoms with Crippen molar-refractivity contribution >= 4 is 20.8 Å². The lowest BCUT2D eigenvalue weighted by molar-refractivity contribution is -0.125. The lowest BCUT2D eigenvalue weighted by atomic mass is 10.2. The number of hydrogen-bond donors (Lipinski definition) is 1. The van der Waals surface area contributed by atoms with Gasteiger partial charge in [0, 0.05) is 43.0 Å². The number of amides is 1. The van der Waals surface area contributed by atoms with Crippen molar-refractivity contribution in [2.45, 2.75) is 18.1 Å². The Hall–Kier alpha value is -1.52. The monoisotopic (exact) mass is 355 g/mol. The van der Waals surface area contributed by atoms with E-state index in [0.29, 0.717) is 18.8 Å². The molecule has 0 aliphatic carbocycles. The first-order chi connectivity index (χ1) is 11.3. The first-order valence-electron chi connectivity index (χ1n) is 7.89. The smallest absolute Gasteiger partial charge is 0.283 e. The molecule has 1 amide bonds. The van der Waals surface area contributed by atoms with E-state index < -0.39 is 5.66 Å². The summed E-state index contributed by atoms with van der Waals surface area (Å²) in [5, 5.41) is 3.24. The number of likely N-dealkylation sites (tertiary alicyclic amines) is 1. The number of carbonyl (C=O) groups excluding carboxylic acids is 1. The normalized spacial score (nSPS) is 18.6. The van der Waals surface area contributed by atoms with Crippen molar-refractivity contribution in [2.24, 2.45) is 0 Å². The highest BCUT2D eigenvalue weighted by molar-refractivity contribution is 7.17. The van der Waals surface area contributed by atoms with Crippen LogP contribution in [0, 0.1) is 0 Å². The molecule has 4 nitrogen and oxygen atoms in total. The van der Waals surface area contributed by atoms with Crippen LogP contribution in [0.4, 0.5) is 14.5 Å². The number of alkyl halides is 2. The van der Waals surface area contributed by atoms with Crippen LogP contribution >= 0.6 is 9.24 Å². The molecule has 0 bridgehead atoms. The second-order valence-corrected chi connectivity index (χ2v) is 7.01. The fourth-order valence-corrected chi connectivity index (χ4v) is 2.78. The Morgan fingerprint density at radius 3 is 2.92 bits per heavy atom. The molecule has 7 heteroatoms. The lowest BCUT2D eigenvalue weighted by Crippen LogP contribution is -2.30. The quantitative estimate of drug-likeness (QED) is 0.630. The molecule has 2 atom stereocenters. The van der Waals surface area contributed by atoms with Crippen LogP contribution in [-0.2, 0) is 10.5 Å². The minimum Gasteiger partial charge on any atom is -0.380 e. The van der Waals surface area contributed by atoms with Crippen LogP contribution in [0.25, 0.3) is 0 Å². The molecule has 1 unspecified atom stereocenters. The maximum Gasteiger partial charge on any atom is 0.283 e. The van der Waals surface area contributed by atoms with Crippen LogP contribution in [0.3, 0.4) is 0 Å². The molecule has 0 aromatic heterocycles. The third-order valence-electron chi connectivity index (χ3n) is 3.85. The predicted molar refractivity (Wildman–Crippen MR) is 96.3 cm³/mol. The Morgan fingerprint density at radius 1 is 1.50 bits per heavy atom. The molecule has 1 aliphatic rings. The van der Waals surface area contributed by atoms with Gasteiger partial charge in [-0.15, -0.1) is 0 Å². The van der Waals surface area contributed by atoms with Gasteiger partial charge in [0.1, 0.15) is 0 Å². The number of nitrogens with zero attached hydrogens (tertiary/aromatic N) is 2. The van der Waals surface area contributed by atoms with Gasteiger partial charge in [0.05, 0.1) is 0 Å². The number of halogens is 2. The first kappa shape index (κ1) is 18.8. The average molecular weight is 355 g/mol. The zero-order valence-corrected chi connectivity index (χ0v) is 15.2. The summed E-state index contributed by atoms with van der Waals surface area (Å²) in [6.45, 7) is 1.96. The zero-order chi connectivity index (χ0) is 17.7. The summed E-state index contributed by atoms with van der Waals surface area (Å²) < 4.78 is 26.7. The van der Waals surface area contributed by atoms with Gasteiger partial charge in [-0.25, -0.2) is 0 Å². The number of anilines is 1. The number of carbonyl (C=O) groups is 1. The van der Waals surface area contributed by atoms with Crippen LogP contribution in [0.2, 0.25) is 0 Å². The van der Waals surface area contributed by atoms with E-state index in [0.717, 1.165) is 13.0 Å². The summed E-state index contributed by atoms with van der Waals surface area (Å²) >= 11 is 0. The molecular formula is C17H24F2N3OP. The molecular weight excluding hydrogens is 331 g/mol. The largest absolute Gasteiger partial charge is 0.380 e. The third kappa shape index (κ3) is 5.53. The number of hydrogen-bond acceptors (Lipinski definition) is 3. The van der Waals surface area contributed by atoms with Gasteiger partial charge in [-0.3, -0.25) is 4.79 Å². The van der Waals surface area contributed by atoms with Crippen LogP contribution < -0.4 is 5.32 Å². The summed E-state index contributed by atoms with van der Waals surface area (Å²) in [5.41, 5.74) is -2.33. The van der Waals surface area contributed by atoms with E-state index >= 15 is 0 Å². The van der Waals surface area contributed by atoms with Gasteiger partial charge in [0.15, 0.2) is 0 Å². The molecule has 1 fully saturated rings. The van der Waals surface area contributed by atoms with E-state index in [1.54, 1.807) is 32.3 Å². The third-order valence-corrected chi connectivity index (χ3v) is 4.18. The Labute approximate surface area is 144 Å². The van der Waals surface area contributed by atoms with Gasteiger partial charge in [-0.2, -0.15) is 8.78 Å². The van der Waals surface area contributed by atoms with Crippen molar-refractivity contribution in [3.8, 4) is 0 Å². The number of benzene rings is 1. The van der Waals surface area contributed by atoms with Gasteiger partial charge in [-0.1, -0.05) is 27.4 Å². The summed E-state index contributed by atoms with van der Waals surface area (Å²) in [7, 11) is 5.43. The molecule has 0 spiro atoms. The van der Waals surface area contributed by atoms with E-state index in [2.05, 4.69) is 5.32 Å². The van der Waals surface area contributed by atoms with Gasteiger partial charge in [0.25, 0.3) is 5.66 Å². The van der Waals surface area contributed by atoms with Gasteiger partial charge in [0.2, 0.25) is 5.91 Å². The van der Waals surface area contributed by atoms with E-state index in [1.807, 2.05) is 25.1 Å². The highest BCUT2D eigenvalue weighted by atomic mass is 31.0. The fourth-order valence-electron chi connectivity index (χ4n) is 2.60. The zero-order valence-electron chi connectivity index (χ0n) is 14.0. The molecule has 2 rings (SSSR count). The molecule has 0 saturated carbocycles. The SMILES string of the molecule is CN(C)C/C=C/C(=O)N1CC[C@H](Nc2cccc(C(F)(F)P)c2)C1. The van der Waals surface area contributed by atoms with Crippen LogP contribution in [0.15, 0.2) is 36.4 Å². The van der Waals surface area contributed by atoms with Crippen molar-refractivity contribution in [3.05, 3.63) is 42.0 Å². The first-order valence-corrected chi connectivity index (χ1v) is 8.47. The fraction of sp³-hybridized carbons (Fsp3) is 0.471. The number of likely N-dealkylation sites (N-methyl/N-ethyl adjacent to an activating group) is 1. The molecule has 1 aromatic rings. The maximum atomic E-state index is 13.4. The molecule has 132 valence electrons. The van der Waals surface area contributed by atoms with Crippen LogP contribution in [0.5, 0.6) is 0 Å². The number of nitrogens with one attached hydrogen (secondary N) is 1. The van der Waals surface area contributed by atoms with E-state index in [1.165, 1.54) is 12.1 Å². The molecule has 1 saturated heterocycles. The molecule has 0 radical (unpaired) electrons. The summed E-state index contributed by atoms with van der Waals surface area (Å²) in [6.07, 6.45) is 4.24. The molecule has 1 N–H and O–H groups in total. The second kappa shape index (κ2) is 8.04. The minimum absolute atomic E-state index is 0.00797. The minimum atomic E-state index is -2.94. The van der Waals surface area contributed by atoms with Crippen molar-refractivity contribution in [1.29, 1.82) is 0 Å². The summed E-state index contributed by atoms with van der Waals surface area (Å²) in [5.74, 6) is -0.00797. The Bertz CT molecular complexity index is 602. The molecule has 1 aliphatic heterocycles. The summed E-state index contributed by atoms with van der Waals surface area (Å²) in [4.78, 5) is 15.9. The van der Waals surface area contributed by atoms with E-state index in [-0.39, 0.29) is 17.5 Å². The average Bonchev–Trinajstić information content (AvgIpc) is 2.95.